The maximum atomic E-state index is 2.63. The fourth-order valence-corrected chi connectivity index (χ4v) is 6.86. The van der Waals surface area contributed by atoms with Crippen molar-refractivity contribution >= 4 is 61.6 Å². The molecule has 1 nitrogen and oxygen atoms in total. The van der Waals surface area contributed by atoms with Crippen LogP contribution in [-0.2, 0) is 0 Å². The molecule has 0 saturated heterocycles. The summed E-state index contributed by atoms with van der Waals surface area (Å²) in [5, 5.41) is 5.55. The summed E-state index contributed by atoms with van der Waals surface area (Å²) in [7, 11) is -1.52. The number of fused-ring (bicyclic) bond motifs is 6. The molecule has 2 heterocycles. The maximum absolute atomic E-state index is 2.63. The minimum Gasteiger partial charge on any atom is -0.368 e. The van der Waals surface area contributed by atoms with Gasteiger partial charge in [0.15, 0.2) is 8.24 Å². The number of benzene rings is 3. The number of para-hydroxylation sites is 1. The molecule has 2 aromatic heterocycles. The van der Waals surface area contributed by atoms with Crippen molar-refractivity contribution in [1.82, 2.24) is 4.23 Å². The molecule has 0 aliphatic rings. The number of hydrogen-bond donors (Lipinski definition) is 0. The first-order valence-corrected chi connectivity index (χ1v) is 12.7. The molecule has 0 radical (unpaired) electrons. The van der Waals surface area contributed by atoms with Crippen LogP contribution in [-0.4, -0.2) is 12.5 Å². The zero-order chi connectivity index (χ0) is 16.5. The highest BCUT2D eigenvalue weighted by molar-refractivity contribution is 7.25. The van der Waals surface area contributed by atoms with E-state index in [2.05, 4.69) is 84.5 Å². The molecule has 0 N–H and O–H groups in total. The van der Waals surface area contributed by atoms with E-state index in [9.17, 15) is 0 Å². The van der Waals surface area contributed by atoms with E-state index < -0.39 is 8.24 Å². The van der Waals surface area contributed by atoms with Gasteiger partial charge in [0, 0.05) is 42.0 Å². The minimum atomic E-state index is -1.52. The lowest BCUT2D eigenvalue weighted by Gasteiger charge is -2.21. The van der Waals surface area contributed by atoms with Crippen molar-refractivity contribution in [2.45, 2.75) is 19.6 Å². The Morgan fingerprint density at radius 3 is 2.17 bits per heavy atom. The van der Waals surface area contributed by atoms with Crippen LogP contribution in [0.5, 0.6) is 0 Å². The highest BCUT2D eigenvalue weighted by atomic mass is 32.1. The molecular weight excluding hydrogens is 326 g/mol. The topological polar surface area (TPSA) is 4.93 Å². The van der Waals surface area contributed by atoms with Crippen molar-refractivity contribution in [1.29, 1.82) is 0 Å². The van der Waals surface area contributed by atoms with Gasteiger partial charge in [-0.05, 0) is 24.3 Å². The molecule has 0 atom stereocenters. The van der Waals surface area contributed by atoms with E-state index in [-0.39, 0.29) is 0 Å². The summed E-state index contributed by atoms with van der Waals surface area (Å²) in [4.78, 5) is 0. The van der Waals surface area contributed by atoms with E-state index in [1.807, 2.05) is 11.3 Å². The van der Waals surface area contributed by atoms with Crippen LogP contribution < -0.4 is 0 Å². The molecule has 0 amide bonds. The molecule has 0 unspecified atom stereocenters. The predicted octanol–water partition coefficient (Wildman–Crippen LogP) is 6.85. The Morgan fingerprint density at radius 1 is 0.667 bits per heavy atom. The van der Waals surface area contributed by atoms with Crippen molar-refractivity contribution in [3.8, 4) is 0 Å². The summed E-state index contributed by atoms with van der Waals surface area (Å²) in [5.74, 6) is 0. The average Bonchev–Trinajstić information content (AvgIpc) is 3.07. The van der Waals surface area contributed by atoms with E-state index in [4.69, 9.17) is 0 Å². The largest absolute Gasteiger partial charge is 0.368 e. The predicted molar refractivity (Wildman–Crippen MR) is 111 cm³/mol. The molecule has 5 rings (SSSR count). The van der Waals surface area contributed by atoms with E-state index >= 15 is 0 Å². The van der Waals surface area contributed by atoms with Gasteiger partial charge in [0.25, 0.3) is 0 Å². The smallest absolute Gasteiger partial charge is 0.153 e. The highest BCUT2D eigenvalue weighted by Crippen LogP contribution is 2.40. The lowest BCUT2D eigenvalue weighted by Crippen LogP contribution is -2.31. The number of hydrogen-bond acceptors (Lipinski definition) is 1. The monoisotopic (exact) mass is 345 g/mol. The standard InChI is InChI=1S/C21H19NSSi/c1-24(2,3)22-18-10-6-4-8-14(18)16-13-21-17(12-19(16)22)15-9-5-7-11-20(15)23-21/h4-13H,1-3H3. The third-order valence-corrected chi connectivity index (χ3v) is 7.80. The van der Waals surface area contributed by atoms with Crippen molar-refractivity contribution in [2.75, 3.05) is 0 Å². The average molecular weight is 346 g/mol. The molecule has 0 saturated carbocycles. The Kier molecular flexibility index (Phi) is 2.80. The first-order chi connectivity index (χ1) is 11.5. The molecule has 0 bridgehead atoms. The summed E-state index contributed by atoms with van der Waals surface area (Å²) in [6.45, 7) is 7.28. The first kappa shape index (κ1) is 14.3. The van der Waals surface area contributed by atoms with Crippen molar-refractivity contribution in [2.24, 2.45) is 0 Å². The van der Waals surface area contributed by atoms with Gasteiger partial charge in [-0.3, -0.25) is 0 Å². The minimum absolute atomic E-state index is 1.38. The summed E-state index contributed by atoms with van der Waals surface area (Å²) in [6, 6.07) is 22.5. The molecule has 0 aliphatic carbocycles. The zero-order valence-electron chi connectivity index (χ0n) is 14.1. The Bertz CT molecular complexity index is 1240. The second-order valence-electron chi connectivity index (χ2n) is 7.49. The molecule has 3 heteroatoms. The summed E-state index contributed by atoms with van der Waals surface area (Å²) >= 11 is 1.90. The molecular formula is C21H19NSSi. The first-order valence-electron chi connectivity index (χ1n) is 8.39. The van der Waals surface area contributed by atoms with Crippen molar-refractivity contribution in [3.63, 3.8) is 0 Å². The molecule has 5 aromatic rings. The Balaban J connectivity index is 2.06. The van der Waals surface area contributed by atoms with Crippen LogP contribution in [0.15, 0.2) is 60.7 Å². The molecule has 0 fully saturated rings. The van der Waals surface area contributed by atoms with Crippen LogP contribution in [0.3, 0.4) is 0 Å². The quantitative estimate of drug-likeness (QED) is 0.293. The zero-order valence-corrected chi connectivity index (χ0v) is 15.9. The van der Waals surface area contributed by atoms with Gasteiger partial charge >= 0.3 is 0 Å². The maximum Gasteiger partial charge on any atom is 0.153 e. The SMILES string of the molecule is C[Si](C)(C)n1c2ccccc2c2cc3sc4ccccc4c3cc21. The van der Waals surface area contributed by atoms with Crippen LogP contribution in [0.1, 0.15) is 0 Å². The Hall–Kier alpha value is -2.10. The van der Waals surface area contributed by atoms with Gasteiger partial charge in [-0.2, -0.15) is 0 Å². The number of rotatable bonds is 1. The molecule has 24 heavy (non-hydrogen) atoms. The van der Waals surface area contributed by atoms with E-state index in [0.29, 0.717) is 0 Å². The van der Waals surface area contributed by atoms with Crippen LogP contribution in [0.25, 0.3) is 42.0 Å². The number of nitrogens with zero attached hydrogens (tertiary/aromatic N) is 1. The van der Waals surface area contributed by atoms with E-state index in [1.54, 1.807) is 0 Å². The van der Waals surface area contributed by atoms with Gasteiger partial charge in [-0.25, -0.2) is 0 Å². The van der Waals surface area contributed by atoms with E-state index in [0.717, 1.165) is 0 Å². The summed E-state index contributed by atoms with van der Waals surface area (Å²) in [5.41, 5.74) is 2.78. The lowest BCUT2D eigenvalue weighted by atomic mass is 10.1. The van der Waals surface area contributed by atoms with Crippen LogP contribution in [0.4, 0.5) is 0 Å². The van der Waals surface area contributed by atoms with Crippen LogP contribution in [0, 0.1) is 0 Å². The fourth-order valence-electron chi connectivity index (χ4n) is 3.91. The van der Waals surface area contributed by atoms with Gasteiger partial charge in [0.05, 0.1) is 0 Å². The lowest BCUT2D eigenvalue weighted by molar-refractivity contribution is 1.26. The fraction of sp³-hybridized carbons (Fsp3) is 0.143. The van der Waals surface area contributed by atoms with Crippen molar-refractivity contribution < 1.29 is 0 Å². The number of aromatic nitrogens is 1. The normalized spacial score (nSPS) is 12.8. The summed E-state index contributed by atoms with van der Waals surface area (Å²) < 4.78 is 5.40. The van der Waals surface area contributed by atoms with E-state index in [1.165, 1.54) is 42.0 Å². The molecule has 0 aliphatic heterocycles. The molecule has 3 aromatic carbocycles. The Labute approximate surface area is 146 Å². The molecule has 118 valence electrons. The van der Waals surface area contributed by atoms with Gasteiger partial charge in [-0.15, -0.1) is 11.3 Å². The van der Waals surface area contributed by atoms with Gasteiger partial charge in [0.1, 0.15) is 0 Å². The van der Waals surface area contributed by atoms with Gasteiger partial charge in [0.2, 0.25) is 0 Å². The highest BCUT2D eigenvalue weighted by Gasteiger charge is 2.23. The van der Waals surface area contributed by atoms with Gasteiger partial charge < -0.3 is 4.23 Å². The van der Waals surface area contributed by atoms with Gasteiger partial charge in [-0.1, -0.05) is 56.0 Å². The van der Waals surface area contributed by atoms with Crippen LogP contribution in [0.2, 0.25) is 19.6 Å². The second kappa shape index (κ2) is 4.71. The van der Waals surface area contributed by atoms with Crippen LogP contribution >= 0.6 is 11.3 Å². The third-order valence-electron chi connectivity index (χ3n) is 4.84. The van der Waals surface area contributed by atoms with Crippen molar-refractivity contribution in [3.05, 3.63) is 60.7 Å². The second-order valence-corrected chi connectivity index (χ2v) is 13.4. The third kappa shape index (κ3) is 1.85. The number of thiophene rings is 1. The molecule has 0 spiro atoms. The Morgan fingerprint density at radius 2 is 1.38 bits per heavy atom. The summed E-state index contributed by atoms with van der Waals surface area (Å²) in [6.07, 6.45) is 0.